The second-order valence-corrected chi connectivity index (χ2v) is 9.40. The summed E-state index contributed by atoms with van der Waals surface area (Å²) in [6.45, 7) is 6.37. The minimum absolute atomic E-state index is 0.121. The normalized spacial score (nSPS) is 53.0. The standard InChI is InChI=1S/C21H32O3/c1-13(22)24-19-7-6-17-16-5-4-14-12-15(23)8-10-20(14,2)18(16)9-11-21(17,19)3/h8,10,14-19,23H,4-7,9,11-12H2,1-3H3. The maximum Gasteiger partial charge on any atom is 0.302 e. The lowest BCUT2D eigenvalue weighted by atomic mass is 9.46. The van der Waals surface area contributed by atoms with Gasteiger partial charge in [0.15, 0.2) is 0 Å². The number of allylic oxidation sites excluding steroid dienone is 1. The van der Waals surface area contributed by atoms with E-state index < -0.39 is 0 Å². The van der Waals surface area contributed by atoms with E-state index in [0.29, 0.717) is 11.8 Å². The number of ether oxygens (including phenoxy) is 1. The fourth-order valence-electron chi connectivity index (χ4n) is 7.14. The van der Waals surface area contributed by atoms with Crippen molar-refractivity contribution < 1.29 is 14.6 Å². The molecule has 3 nitrogen and oxygen atoms in total. The molecule has 0 aliphatic heterocycles. The minimum atomic E-state index is -0.242. The van der Waals surface area contributed by atoms with Crippen LogP contribution in [-0.2, 0) is 9.53 Å². The van der Waals surface area contributed by atoms with Crippen LogP contribution in [0.2, 0.25) is 0 Å². The quantitative estimate of drug-likeness (QED) is 0.581. The number of rotatable bonds is 1. The molecular formula is C21H32O3. The lowest BCUT2D eigenvalue weighted by Gasteiger charge is -2.59. The highest BCUT2D eigenvalue weighted by molar-refractivity contribution is 5.66. The molecule has 8 unspecified atom stereocenters. The molecule has 3 fully saturated rings. The van der Waals surface area contributed by atoms with E-state index >= 15 is 0 Å². The third-order valence-corrected chi connectivity index (χ3v) is 8.39. The van der Waals surface area contributed by atoms with Crippen molar-refractivity contribution in [1.82, 2.24) is 0 Å². The lowest BCUT2D eigenvalue weighted by molar-refractivity contribution is -0.158. The van der Waals surface area contributed by atoms with Crippen LogP contribution in [0.25, 0.3) is 0 Å². The van der Waals surface area contributed by atoms with Gasteiger partial charge in [-0.1, -0.05) is 26.0 Å². The molecule has 4 aliphatic carbocycles. The predicted molar refractivity (Wildman–Crippen MR) is 93.2 cm³/mol. The summed E-state index contributed by atoms with van der Waals surface area (Å²) in [6, 6.07) is 0. The van der Waals surface area contributed by atoms with Crippen molar-refractivity contribution in [2.24, 2.45) is 34.5 Å². The second-order valence-electron chi connectivity index (χ2n) is 9.40. The van der Waals surface area contributed by atoms with E-state index in [1.54, 1.807) is 6.92 Å². The molecule has 24 heavy (non-hydrogen) atoms. The average Bonchev–Trinajstić information content (AvgIpc) is 2.84. The van der Waals surface area contributed by atoms with E-state index in [1.807, 2.05) is 6.08 Å². The smallest absolute Gasteiger partial charge is 0.302 e. The molecule has 0 spiro atoms. The fraction of sp³-hybridized carbons (Fsp3) is 0.857. The van der Waals surface area contributed by atoms with Gasteiger partial charge in [0.05, 0.1) is 6.10 Å². The van der Waals surface area contributed by atoms with Gasteiger partial charge < -0.3 is 9.84 Å². The molecule has 3 heteroatoms. The molecule has 1 N–H and O–H groups in total. The number of carbonyl (C=O) groups excluding carboxylic acids is 1. The first-order valence-electron chi connectivity index (χ1n) is 9.89. The van der Waals surface area contributed by atoms with Gasteiger partial charge in [0.2, 0.25) is 0 Å². The highest BCUT2D eigenvalue weighted by atomic mass is 16.5. The first kappa shape index (κ1) is 16.6. The Balaban J connectivity index is 1.61. The Morgan fingerprint density at radius 1 is 1.12 bits per heavy atom. The SMILES string of the molecule is CC(=O)OC1CCC2C3CCC4CC(O)C=CC4(C)C3CCC12C. The topological polar surface area (TPSA) is 46.5 Å². The summed E-state index contributed by atoms with van der Waals surface area (Å²) in [5.41, 5.74) is 0.428. The van der Waals surface area contributed by atoms with E-state index in [4.69, 9.17) is 4.74 Å². The van der Waals surface area contributed by atoms with Crippen LogP contribution in [0.4, 0.5) is 0 Å². The third-order valence-electron chi connectivity index (χ3n) is 8.39. The summed E-state index contributed by atoms with van der Waals surface area (Å²) in [6.07, 6.45) is 12.4. The molecule has 0 bridgehead atoms. The van der Waals surface area contributed by atoms with Crippen LogP contribution in [-0.4, -0.2) is 23.3 Å². The summed E-state index contributed by atoms with van der Waals surface area (Å²) in [5.74, 6) is 2.69. The third kappa shape index (κ3) is 2.30. The summed E-state index contributed by atoms with van der Waals surface area (Å²) in [5, 5.41) is 10.0. The summed E-state index contributed by atoms with van der Waals surface area (Å²) in [7, 11) is 0. The maximum absolute atomic E-state index is 11.5. The number of hydrogen-bond acceptors (Lipinski definition) is 3. The number of fused-ring (bicyclic) bond motifs is 5. The van der Waals surface area contributed by atoms with E-state index in [0.717, 1.165) is 24.7 Å². The van der Waals surface area contributed by atoms with Crippen LogP contribution < -0.4 is 0 Å². The second kappa shape index (κ2) is 5.59. The van der Waals surface area contributed by atoms with Crippen LogP contribution in [0.5, 0.6) is 0 Å². The molecule has 4 rings (SSSR count). The van der Waals surface area contributed by atoms with Crippen LogP contribution in [0.1, 0.15) is 65.7 Å². The Kier molecular flexibility index (Phi) is 3.87. The molecule has 0 aromatic heterocycles. The van der Waals surface area contributed by atoms with Crippen molar-refractivity contribution >= 4 is 5.97 Å². The van der Waals surface area contributed by atoms with Gasteiger partial charge in [0, 0.05) is 12.3 Å². The van der Waals surface area contributed by atoms with Gasteiger partial charge in [-0.25, -0.2) is 0 Å². The molecule has 0 amide bonds. The van der Waals surface area contributed by atoms with Crippen LogP contribution in [0, 0.1) is 34.5 Å². The summed E-state index contributed by atoms with van der Waals surface area (Å²) in [4.78, 5) is 11.5. The monoisotopic (exact) mass is 332 g/mol. The molecule has 0 saturated heterocycles. The Bertz CT molecular complexity index is 555. The van der Waals surface area contributed by atoms with Gasteiger partial charge in [0.1, 0.15) is 6.10 Å². The van der Waals surface area contributed by atoms with Gasteiger partial charge in [-0.05, 0) is 74.0 Å². The highest BCUT2D eigenvalue weighted by Gasteiger charge is 2.60. The van der Waals surface area contributed by atoms with Crippen molar-refractivity contribution in [2.45, 2.75) is 77.9 Å². The molecule has 0 aromatic carbocycles. The Hall–Kier alpha value is -0.830. The maximum atomic E-state index is 11.5. The van der Waals surface area contributed by atoms with E-state index in [9.17, 15) is 9.90 Å². The van der Waals surface area contributed by atoms with Gasteiger partial charge in [-0.15, -0.1) is 0 Å². The van der Waals surface area contributed by atoms with Crippen molar-refractivity contribution in [2.75, 3.05) is 0 Å². The fourth-order valence-corrected chi connectivity index (χ4v) is 7.14. The largest absolute Gasteiger partial charge is 0.462 e. The number of carbonyl (C=O) groups is 1. The predicted octanol–water partition coefficient (Wildman–Crippen LogP) is 4.10. The van der Waals surface area contributed by atoms with Crippen molar-refractivity contribution in [3.8, 4) is 0 Å². The molecule has 8 atom stereocenters. The van der Waals surface area contributed by atoms with Gasteiger partial charge in [0.25, 0.3) is 0 Å². The highest BCUT2D eigenvalue weighted by Crippen LogP contribution is 2.65. The molecule has 134 valence electrons. The van der Waals surface area contributed by atoms with E-state index in [1.165, 1.54) is 32.1 Å². The summed E-state index contributed by atoms with van der Waals surface area (Å²) < 4.78 is 5.72. The zero-order chi connectivity index (χ0) is 17.1. The summed E-state index contributed by atoms with van der Waals surface area (Å²) >= 11 is 0. The van der Waals surface area contributed by atoms with E-state index in [-0.39, 0.29) is 29.0 Å². The van der Waals surface area contributed by atoms with Crippen LogP contribution in [0.15, 0.2) is 12.2 Å². The number of hydrogen-bond donors (Lipinski definition) is 1. The number of aliphatic hydroxyl groups is 1. The first-order valence-corrected chi connectivity index (χ1v) is 9.89. The Morgan fingerprint density at radius 2 is 1.92 bits per heavy atom. The zero-order valence-corrected chi connectivity index (χ0v) is 15.3. The number of aliphatic hydroxyl groups excluding tert-OH is 1. The van der Waals surface area contributed by atoms with Gasteiger partial charge >= 0.3 is 5.97 Å². The average molecular weight is 332 g/mol. The van der Waals surface area contributed by atoms with Gasteiger partial charge in [-0.2, -0.15) is 0 Å². The molecule has 0 radical (unpaired) electrons. The lowest BCUT2D eigenvalue weighted by Crippen LogP contribution is -2.53. The minimum Gasteiger partial charge on any atom is -0.462 e. The van der Waals surface area contributed by atoms with Crippen LogP contribution in [0.3, 0.4) is 0 Å². The van der Waals surface area contributed by atoms with Crippen molar-refractivity contribution in [1.29, 1.82) is 0 Å². The molecule has 3 saturated carbocycles. The van der Waals surface area contributed by atoms with Crippen LogP contribution >= 0.6 is 0 Å². The van der Waals surface area contributed by atoms with E-state index in [2.05, 4.69) is 19.9 Å². The van der Waals surface area contributed by atoms with Crippen molar-refractivity contribution in [3.63, 3.8) is 0 Å². The number of esters is 1. The molecule has 4 aliphatic rings. The van der Waals surface area contributed by atoms with Gasteiger partial charge in [-0.3, -0.25) is 4.79 Å². The molecular weight excluding hydrogens is 300 g/mol. The Labute approximate surface area is 145 Å². The Morgan fingerprint density at radius 3 is 2.67 bits per heavy atom. The molecule has 0 heterocycles. The zero-order valence-electron chi connectivity index (χ0n) is 15.3. The van der Waals surface area contributed by atoms with Crippen molar-refractivity contribution in [3.05, 3.63) is 12.2 Å². The first-order chi connectivity index (χ1) is 11.3. The molecule has 0 aromatic rings.